The number of nitrogens with one attached hydrogen (secondary N) is 2. The van der Waals surface area contributed by atoms with E-state index in [-0.39, 0.29) is 24.0 Å². The number of rotatable bonds is 5. The lowest BCUT2D eigenvalue weighted by atomic mass is 10.2. The molecule has 1 aliphatic carbocycles. The SMILES string of the molecule is CN=C(NCc1cc(Br)ccc1OC)NC1CCC(SC)C1.I. The molecule has 0 heterocycles. The molecule has 1 aliphatic rings. The van der Waals surface area contributed by atoms with Crippen LogP contribution in [-0.4, -0.2) is 37.7 Å². The predicted octanol–water partition coefficient (Wildman–Crippen LogP) is 4.02. The molecule has 1 aromatic rings. The molecule has 130 valence electrons. The number of hydrogen-bond acceptors (Lipinski definition) is 3. The number of thioether (sulfide) groups is 1. The van der Waals surface area contributed by atoms with Crippen molar-refractivity contribution >= 4 is 57.6 Å². The topological polar surface area (TPSA) is 45.7 Å². The van der Waals surface area contributed by atoms with Crippen molar-refractivity contribution < 1.29 is 4.74 Å². The highest BCUT2D eigenvalue weighted by Crippen LogP contribution is 2.28. The van der Waals surface area contributed by atoms with Gasteiger partial charge in [-0.15, -0.1) is 24.0 Å². The molecule has 2 unspecified atom stereocenters. The molecule has 0 bridgehead atoms. The molecule has 0 saturated heterocycles. The minimum absolute atomic E-state index is 0. The summed E-state index contributed by atoms with van der Waals surface area (Å²) in [6.07, 6.45) is 5.91. The predicted molar refractivity (Wildman–Crippen MR) is 114 cm³/mol. The zero-order chi connectivity index (χ0) is 15.9. The van der Waals surface area contributed by atoms with Gasteiger partial charge in [0, 0.05) is 34.9 Å². The molecule has 0 spiro atoms. The fraction of sp³-hybridized carbons (Fsp3) is 0.562. The van der Waals surface area contributed by atoms with Gasteiger partial charge in [-0.05, 0) is 43.7 Å². The highest BCUT2D eigenvalue weighted by Gasteiger charge is 2.24. The van der Waals surface area contributed by atoms with Crippen molar-refractivity contribution in [3.8, 4) is 5.75 Å². The molecular weight excluding hydrogens is 489 g/mol. The van der Waals surface area contributed by atoms with Gasteiger partial charge in [-0.1, -0.05) is 15.9 Å². The summed E-state index contributed by atoms with van der Waals surface area (Å²) in [6.45, 7) is 0.682. The van der Waals surface area contributed by atoms with Crippen molar-refractivity contribution in [2.24, 2.45) is 4.99 Å². The summed E-state index contributed by atoms with van der Waals surface area (Å²) in [5, 5.41) is 7.68. The van der Waals surface area contributed by atoms with Gasteiger partial charge in [0.05, 0.1) is 7.11 Å². The second kappa shape index (κ2) is 10.7. The normalized spacial score (nSPS) is 20.8. The van der Waals surface area contributed by atoms with Crippen molar-refractivity contribution in [2.75, 3.05) is 20.4 Å². The summed E-state index contributed by atoms with van der Waals surface area (Å²) >= 11 is 5.47. The van der Waals surface area contributed by atoms with Crippen LogP contribution in [-0.2, 0) is 6.54 Å². The Hall–Kier alpha value is -0.150. The van der Waals surface area contributed by atoms with Crippen LogP contribution in [0.2, 0.25) is 0 Å². The Morgan fingerprint density at radius 3 is 2.83 bits per heavy atom. The molecule has 1 saturated carbocycles. The first-order valence-corrected chi connectivity index (χ1v) is 9.56. The summed E-state index contributed by atoms with van der Waals surface area (Å²) in [5.74, 6) is 1.74. The molecule has 0 radical (unpaired) electrons. The molecule has 4 nitrogen and oxygen atoms in total. The van der Waals surface area contributed by atoms with E-state index in [0.29, 0.717) is 12.6 Å². The van der Waals surface area contributed by atoms with E-state index >= 15 is 0 Å². The first-order valence-electron chi connectivity index (χ1n) is 7.48. The zero-order valence-electron chi connectivity index (χ0n) is 13.8. The Morgan fingerprint density at radius 1 is 1.43 bits per heavy atom. The van der Waals surface area contributed by atoms with E-state index in [1.165, 1.54) is 19.3 Å². The average Bonchev–Trinajstić information content (AvgIpc) is 2.99. The van der Waals surface area contributed by atoms with Crippen LogP contribution in [0, 0.1) is 0 Å². The van der Waals surface area contributed by atoms with E-state index < -0.39 is 0 Å². The van der Waals surface area contributed by atoms with Crippen LogP contribution in [0.1, 0.15) is 24.8 Å². The maximum absolute atomic E-state index is 5.40. The van der Waals surface area contributed by atoms with Crippen molar-refractivity contribution in [3.05, 3.63) is 28.2 Å². The Kier molecular flexibility index (Phi) is 9.68. The minimum atomic E-state index is 0. The van der Waals surface area contributed by atoms with E-state index in [0.717, 1.165) is 27.0 Å². The Balaban J connectivity index is 0.00000264. The minimum Gasteiger partial charge on any atom is -0.496 e. The van der Waals surface area contributed by atoms with Gasteiger partial charge in [0.25, 0.3) is 0 Å². The first kappa shape index (κ1) is 20.9. The second-order valence-corrected chi connectivity index (χ2v) is 7.45. The molecular formula is C16H25BrIN3OS. The largest absolute Gasteiger partial charge is 0.496 e. The maximum atomic E-state index is 5.40. The molecule has 1 aromatic carbocycles. The van der Waals surface area contributed by atoms with E-state index in [2.05, 4.69) is 43.9 Å². The molecule has 1 fully saturated rings. The molecule has 0 amide bonds. The van der Waals surface area contributed by atoms with Gasteiger partial charge in [-0.25, -0.2) is 0 Å². The third-order valence-corrected chi connectivity index (χ3v) is 5.56. The summed E-state index contributed by atoms with van der Waals surface area (Å²) in [7, 11) is 3.51. The molecule has 0 aliphatic heterocycles. The number of nitrogens with zero attached hydrogens (tertiary/aromatic N) is 1. The number of hydrogen-bond donors (Lipinski definition) is 2. The van der Waals surface area contributed by atoms with E-state index in [1.54, 1.807) is 7.11 Å². The van der Waals surface area contributed by atoms with Gasteiger partial charge < -0.3 is 15.4 Å². The first-order chi connectivity index (χ1) is 10.7. The van der Waals surface area contributed by atoms with Gasteiger partial charge >= 0.3 is 0 Å². The maximum Gasteiger partial charge on any atom is 0.191 e. The average molecular weight is 514 g/mol. The standard InChI is InChI=1S/C16H24BrN3OS.HI/c1-18-16(20-13-5-6-14(9-13)22-3)19-10-11-8-12(17)4-7-15(11)21-2;/h4,7-8,13-14H,5-6,9-10H2,1-3H3,(H2,18,19,20);1H. The third-order valence-electron chi connectivity index (χ3n) is 3.97. The van der Waals surface area contributed by atoms with Crippen LogP contribution in [0.15, 0.2) is 27.7 Å². The summed E-state index contributed by atoms with van der Waals surface area (Å²) < 4.78 is 6.45. The molecule has 2 rings (SSSR count). The number of halogens is 2. The molecule has 7 heteroatoms. The van der Waals surface area contributed by atoms with Crippen molar-refractivity contribution in [3.63, 3.8) is 0 Å². The third kappa shape index (κ3) is 6.34. The zero-order valence-corrected chi connectivity index (χ0v) is 18.5. The Bertz CT molecular complexity index is 530. The van der Waals surface area contributed by atoms with Crippen molar-refractivity contribution in [1.29, 1.82) is 0 Å². The number of guanidine groups is 1. The van der Waals surface area contributed by atoms with Crippen LogP contribution < -0.4 is 15.4 Å². The Labute approximate surface area is 168 Å². The Morgan fingerprint density at radius 2 is 2.22 bits per heavy atom. The summed E-state index contributed by atoms with van der Waals surface area (Å²) in [4.78, 5) is 4.33. The summed E-state index contributed by atoms with van der Waals surface area (Å²) in [6, 6.07) is 6.54. The second-order valence-electron chi connectivity index (χ2n) is 5.39. The number of ether oxygens (including phenoxy) is 1. The van der Waals surface area contributed by atoms with Gasteiger partial charge in [-0.3, -0.25) is 4.99 Å². The number of aliphatic imine (C=N–C) groups is 1. The molecule has 0 aromatic heterocycles. The van der Waals surface area contributed by atoms with Crippen LogP contribution in [0.4, 0.5) is 0 Å². The number of benzene rings is 1. The van der Waals surface area contributed by atoms with Crippen LogP contribution in [0.25, 0.3) is 0 Å². The molecule has 23 heavy (non-hydrogen) atoms. The van der Waals surface area contributed by atoms with Crippen LogP contribution in [0.3, 0.4) is 0 Å². The lowest BCUT2D eigenvalue weighted by molar-refractivity contribution is 0.409. The lowest BCUT2D eigenvalue weighted by Gasteiger charge is -2.18. The fourth-order valence-corrected chi connectivity index (χ4v) is 3.94. The van der Waals surface area contributed by atoms with Crippen molar-refractivity contribution in [2.45, 2.75) is 37.1 Å². The van der Waals surface area contributed by atoms with Gasteiger partial charge in [-0.2, -0.15) is 11.8 Å². The van der Waals surface area contributed by atoms with Gasteiger partial charge in [0.1, 0.15) is 5.75 Å². The van der Waals surface area contributed by atoms with Crippen LogP contribution >= 0.6 is 51.7 Å². The van der Waals surface area contributed by atoms with Crippen LogP contribution in [0.5, 0.6) is 5.75 Å². The smallest absolute Gasteiger partial charge is 0.191 e. The van der Waals surface area contributed by atoms with Gasteiger partial charge in [0.2, 0.25) is 0 Å². The lowest BCUT2D eigenvalue weighted by Crippen LogP contribution is -2.42. The van der Waals surface area contributed by atoms with Gasteiger partial charge in [0.15, 0.2) is 5.96 Å². The van der Waals surface area contributed by atoms with E-state index in [4.69, 9.17) is 4.74 Å². The molecule has 2 N–H and O–H groups in total. The van der Waals surface area contributed by atoms with Crippen molar-refractivity contribution in [1.82, 2.24) is 10.6 Å². The molecule has 2 atom stereocenters. The summed E-state index contributed by atoms with van der Waals surface area (Å²) in [5.41, 5.74) is 1.10. The van der Waals surface area contributed by atoms with E-state index in [1.807, 2.05) is 30.9 Å². The highest BCUT2D eigenvalue weighted by molar-refractivity contribution is 14.0. The van der Waals surface area contributed by atoms with E-state index in [9.17, 15) is 0 Å². The quantitative estimate of drug-likeness (QED) is 0.354. The monoisotopic (exact) mass is 513 g/mol. The number of methoxy groups -OCH3 is 1. The fourth-order valence-electron chi connectivity index (χ4n) is 2.74. The highest BCUT2D eigenvalue weighted by atomic mass is 127.